The van der Waals surface area contributed by atoms with Gasteiger partial charge in [0.05, 0.1) is 6.54 Å². The number of terminal acetylenes is 1. The molecule has 6 nitrogen and oxygen atoms in total. The van der Waals surface area contributed by atoms with E-state index in [0.29, 0.717) is 18.7 Å². The monoisotopic (exact) mass is 386 g/mol. The van der Waals surface area contributed by atoms with Crippen LogP contribution in [0.25, 0.3) is 0 Å². The van der Waals surface area contributed by atoms with Gasteiger partial charge in [-0.05, 0) is 70.2 Å². The summed E-state index contributed by atoms with van der Waals surface area (Å²) in [5, 5.41) is 0. The molecule has 0 bridgehead atoms. The number of aryl methyl sites for hydroxylation is 1. The smallest absolute Gasteiger partial charge is 0.414 e. The summed E-state index contributed by atoms with van der Waals surface area (Å²) in [6, 6.07) is 5.63. The van der Waals surface area contributed by atoms with E-state index in [9.17, 15) is 9.59 Å². The van der Waals surface area contributed by atoms with Crippen molar-refractivity contribution in [2.45, 2.75) is 58.6 Å². The standard InChI is InChI=1S/C22H30N2O4/c1-7-13-24(21(26)28-22(3,4)5)18-11-9-16-10-12-19(15-17(16)14-18)27-20(25)23(6)8-2/h1,10,12,15,18H,8-9,11,13-14H2,2-6H3. The normalized spacial score (nSPS) is 15.8. The summed E-state index contributed by atoms with van der Waals surface area (Å²) in [6.07, 6.45) is 6.98. The highest BCUT2D eigenvalue weighted by molar-refractivity contribution is 5.70. The number of ether oxygens (including phenoxy) is 2. The van der Waals surface area contributed by atoms with E-state index < -0.39 is 17.8 Å². The average Bonchev–Trinajstić information content (AvgIpc) is 2.63. The van der Waals surface area contributed by atoms with Gasteiger partial charge in [0.1, 0.15) is 11.4 Å². The van der Waals surface area contributed by atoms with Gasteiger partial charge in [-0.25, -0.2) is 9.59 Å². The van der Waals surface area contributed by atoms with Crippen molar-refractivity contribution in [2.75, 3.05) is 20.1 Å². The molecule has 0 radical (unpaired) electrons. The molecule has 2 rings (SSSR count). The Morgan fingerprint density at radius 2 is 1.96 bits per heavy atom. The molecule has 0 fully saturated rings. The minimum absolute atomic E-state index is 0.0531. The molecule has 0 N–H and O–H groups in total. The van der Waals surface area contributed by atoms with Crippen molar-refractivity contribution in [3.05, 3.63) is 29.3 Å². The first kappa shape index (κ1) is 21.6. The lowest BCUT2D eigenvalue weighted by atomic mass is 9.87. The predicted octanol–water partition coefficient (Wildman–Crippen LogP) is 3.86. The Balaban J connectivity index is 2.16. The van der Waals surface area contributed by atoms with E-state index in [4.69, 9.17) is 15.9 Å². The Morgan fingerprint density at radius 3 is 2.57 bits per heavy atom. The predicted molar refractivity (Wildman–Crippen MR) is 108 cm³/mol. The summed E-state index contributed by atoms with van der Waals surface area (Å²) < 4.78 is 11.0. The van der Waals surface area contributed by atoms with Crippen LogP contribution >= 0.6 is 0 Å². The second kappa shape index (κ2) is 9.01. The number of amides is 2. The number of hydrogen-bond donors (Lipinski definition) is 0. The number of nitrogens with zero attached hydrogens (tertiary/aromatic N) is 2. The fourth-order valence-corrected chi connectivity index (χ4v) is 3.11. The lowest BCUT2D eigenvalue weighted by Gasteiger charge is -2.35. The van der Waals surface area contributed by atoms with Crippen LogP contribution in [0, 0.1) is 12.3 Å². The zero-order chi connectivity index (χ0) is 20.9. The Morgan fingerprint density at radius 1 is 1.25 bits per heavy atom. The SMILES string of the molecule is C#CCN(C(=O)OC(C)(C)C)C1CCc2ccc(OC(=O)N(C)CC)cc2C1. The fourth-order valence-electron chi connectivity index (χ4n) is 3.11. The maximum Gasteiger partial charge on any atom is 0.414 e. The third kappa shape index (κ3) is 5.66. The third-order valence-electron chi connectivity index (χ3n) is 4.70. The van der Waals surface area contributed by atoms with Crippen LogP contribution in [-0.4, -0.2) is 53.8 Å². The minimum Gasteiger partial charge on any atom is -0.444 e. The molecule has 1 aromatic carbocycles. The molecule has 1 atom stereocenters. The van der Waals surface area contributed by atoms with E-state index in [1.807, 2.05) is 45.9 Å². The van der Waals surface area contributed by atoms with Crippen molar-refractivity contribution in [1.82, 2.24) is 9.80 Å². The Hall–Kier alpha value is -2.68. The van der Waals surface area contributed by atoms with Gasteiger partial charge in [0, 0.05) is 19.6 Å². The first-order chi connectivity index (χ1) is 13.1. The average molecular weight is 386 g/mol. The van der Waals surface area contributed by atoms with Crippen molar-refractivity contribution in [2.24, 2.45) is 0 Å². The molecule has 0 aliphatic heterocycles. The Bertz CT molecular complexity index is 761. The fraction of sp³-hybridized carbons (Fsp3) is 0.545. The molecule has 6 heteroatoms. The van der Waals surface area contributed by atoms with E-state index in [0.717, 1.165) is 18.4 Å². The molecule has 0 saturated heterocycles. The summed E-state index contributed by atoms with van der Waals surface area (Å²) in [4.78, 5) is 27.7. The van der Waals surface area contributed by atoms with Gasteiger partial charge in [-0.1, -0.05) is 12.0 Å². The number of carbonyl (C=O) groups excluding carboxylic acids is 2. The van der Waals surface area contributed by atoms with Gasteiger partial charge in [0.2, 0.25) is 0 Å². The molecule has 1 aliphatic rings. The molecule has 2 amide bonds. The summed E-state index contributed by atoms with van der Waals surface area (Å²) in [5.74, 6) is 3.07. The first-order valence-corrected chi connectivity index (χ1v) is 9.62. The lowest BCUT2D eigenvalue weighted by molar-refractivity contribution is 0.0179. The van der Waals surface area contributed by atoms with Crippen molar-refractivity contribution in [1.29, 1.82) is 0 Å². The van der Waals surface area contributed by atoms with Crippen LogP contribution in [0.5, 0.6) is 5.75 Å². The van der Waals surface area contributed by atoms with Crippen LogP contribution in [0.1, 0.15) is 45.2 Å². The lowest BCUT2D eigenvalue weighted by Crippen LogP contribution is -2.46. The highest BCUT2D eigenvalue weighted by Crippen LogP contribution is 2.29. The maximum absolute atomic E-state index is 12.6. The van der Waals surface area contributed by atoms with E-state index in [1.165, 1.54) is 10.5 Å². The molecule has 1 unspecified atom stereocenters. The van der Waals surface area contributed by atoms with E-state index >= 15 is 0 Å². The number of carbonyl (C=O) groups is 2. The molecule has 28 heavy (non-hydrogen) atoms. The molecular formula is C22H30N2O4. The van der Waals surface area contributed by atoms with Crippen LogP contribution in [0.15, 0.2) is 18.2 Å². The molecule has 0 heterocycles. The van der Waals surface area contributed by atoms with Crippen molar-refractivity contribution >= 4 is 12.2 Å². The summed E-state index contributed by atoms with van der Waals surface area (Å²) in [6.45, 7) is 8.17. The summed E-state index contributed by atoms with van der Waals surface area (Å²) in [5.41, 5.74) is 1.68. The Labute approximate surface area is 167 Å². The second-order valence-corrected chi connectivity index (χ2v) is 8.02. The van der Waals surface area contributed by atoms with E-state index in [-0.39, 0.29) is 12.6 Å². The van der Waals surface area contributed by atoms with Crippen LogP contribution in [0.3, 0.4) is 0 Å². The largest absolute Gasteiger partial charge is 0.444 e. The van der Waals surface area contributed by atoms with Crippen LogP contribution in [0.2, 0.25) is 0 Å². The van der Waals surface area contributed by atoms with Crippen molar-refractivity contribution < 1.29 is 19.1 Å². The van der Waals surface area contributed by atoms with E-state index in [2.05, 4.69) is 5.92 Å². The molecule has 152 valence electrons. The number of fused-ring (bicyclic) bond motifs is 1. The summed E-state index contributed by atoms with van der Waals surface area (Å²) >= 11 is 0. The van der Waals surface area contributed by atoms with E-state index in [1.54, 1.807) is 11.9 Å². The van der Waals surface area contributed by atoms with Gasteiger partial charge in [0.25, 0.3) is 0 Å². The van der Waals surface area contributed by atoms with Gasteiger partial charge in [-0.15, -0.1) is 6.42 Å². The summed E-state index contributed by atoms with van der Waals surface area (Å²) in [7, 11) is 1.69. The molecule has 0 aromatic heterocycles. The zero-order valence-electron chi connectivity index (χ0n) is 17.4. The number of benzene rings is 1. The van der Waals surface area contributed by atoms with Gasteiger partial charge in [-0.3, -0.25) is 4.90 Å². The Kier molecular flexibility index (Phi) is 6.95. The van der Waals surface area contributed by atoms with Crippen molar-refractivity contribution in [3.8, 4) is 18.1 Å². The number of hydrogen-bond acceptors (Lipinski definition) is 4. The molecule has 1 aromatic rings. The van der Waals surface area contributed by atoms with Crippen LogP contribution < -0.4 is 4.74 Å². The van der Waals surface area contributed by atoms with Crippen LogP contribution in [-0.2, 0) is 17.6 Å². The quantitative estimate of drug-likeness (QED) is 0.737. The van der Waals surface area contributed by atoms with Gasteiger partial charge in [-0.2, -0.15) is 0 Å². The topological polar surface area (TPSA) is 59.1 Å². The molecular weight excluding hydrogens is 356 g/mol. The van der Waals surface area contributed by atoms with Gasteiger partial charge in [0.15, 0.2) is 0 Å². The molecule has 0 saturated carbocycles. The third-order valence-corrected chi connectivity index (χ3v) is 4.70. The first-order valence-electron chi connectivity index (χ1n) is 9.62. The number of rotatable bonds is 4. The molecule has 0 spiro atoms. The highest BCUT2D eigenvalue weighted by Gasteiger charge is 2.30. The van der Waals surface area contributed by atoms with Crippen molar-refractivity contribution in [3.63, 3.8) is 0 Å². The van der Waals surface area contributed by atoms with Crippen LogP contribution in [0.4, 0.5) is 9.59 Å². The van der Waals surface area contributed by atoms with Gasteiger partial charge < -0.3 is 14.4 Å². The second-order valence-electron chi connectivity index (χ2n) is 8.02. The minimum atomic E-state index is -0.580. The van der Waals surface area contributed by atoms with Gasteiger partial charge >= 0.3 is 12.2 Å². The zero-order valence-corrected chi connectivity index (χ0v) is 17.4. The highest BCUT2D eigenvalue weighted by atomic mass is 16.6. The maximum atomic E-state index is 12.6. The molecule has 1 aliphatic carbocycles.